The van der Waals surface area contributed by atoms with E-state index in [-0.39, 0.29) is 19.1 Å². The second-order valence-corrected chi connectivity index (χ2v) is 8.08. The summed E-state index contributed by atoms with van der Waals surface area (Å²) in [4.78, 5) is 39.9. The van der Waals surface area contributed by atoms with Crippen molar-refractivity contribution in [1.29, 1.82) is 0 Å². The normalized spacial score (nSPS) is 17.1. The van der Waals surface area contributed by atoms with Crippen LogP contribution in [-0.4, -0.2) is 48.5 Å². The van der Waals surface area contributed by atoms with Gasteiger partial charge < -0.3 is 24.4 Å². The molecule has 2 aliphatic heterocycles. The SMILES string of the molecule is CCOC(=O)c1c(NC(=O)[C@@H]2COc3ccccc3O2)sc2c1CCN(C(C)=O)C2. The Labute approximate surface area is 177 Å². The molecule has 3 heterocycles. The van der Waals surface area contributed by atoms with Crippen molar-refractivity contribution in [2.75, 3.05) is 25.1 Å². The van der Waals surface area contributed by atoms with Crippen LogP contribution >= 0.6 is 11.3 Å². The van der Waals surface area contributed by atoms with Crippen LogP contribution in [-0.2, 0) is 27.3 Å². The number of fused-ring (bicyclic) bond motifs is 2. The van der Waals surface area contributed by atoms with E-state index in [1.54, 1.807) is 30.0 Å². The zero-order chi connectivity index (χ0) is 21.3. The van der Waals surface area contributed by atoms with Gasteiger partial charge >= 0.3 is 5.97 Å². The second kappa shape index (κ2) is 8.35. The molecule has 0 radical (unpaired) electrons. The molecular weight excluding hydrogens is 408 g/mol. The van der Waals surface area contributed by atoms with Crippen molar-refractivity contribution in [3.63, 3.8) is 0 Å². The first-order chi connectivity index (χ1) is 14.5. The fourth-order valence-electron chi connectivity index (χ4n) is 3.52. The van der Waals surface area contributed by atoms with Gasteiger partial charge in [0, 0.05) is 18.3 Å². The van der Waals surface area contributed by atoms with Crippen LogP contribution < -0.4 is 14.8 Å². The summed E-state index contributed by atoms with van der Waals surface area (Å²) in [5.74, 6) is 0.176. The first kappa shape index (κ1) is 20.2. The monoisotopic (exact) mass is 430 g/mol. The van der Waals surface area contributed by atoms with E-state index in [1.807, 2.05) is 6.07 Å². The molecule has 0 unspecified atom stereocenters. The Kier molecular flexibility index (Phi) is 5.63. The molecule has 0 saturated carbocycles. The van der Waals surface area contributed by atoms with Crippen molar-refractivity contribution in [3.8, 4) is 11.5 Å². The molecule has 30 heavy (non-hydrogen) atoms. The molecule has 2 aromatic rings. The van der Waals surface area contributed by atoms with Gasteiger partial charge in [0.1, 0.15) is 11.6 Å². The summed E-state index contributed by atoms with van der Waals surface area (Å²) < 4.78 is 16.6. The number of nitrogens with one attached hydrogen (secondary N) is 1. The van der Waals surface area contributed by atoms with E-state index in [0.717, 1.165) is 10.4 Å². The average Bonchev–Trinajstić information content (AvgIpc) is 3.10. The summed E-state index contributed by atoms with van der Waals surface area (Å²) in [7, 11) is 0. The Balaban J connectivity index is 1.58. The number of nitrogens with zero attached hydrogens (tertiary/aromatic N) is 1. The van der Waals surface area contributed by atoms with Crippen LogP contribution in [0.2, 0.25) is 0 Å². The standard InChI is InChI=1S/C21H22N2O6S/c1-3-27-21(26)18-13-8-9-23(12(2)24)10-17(13)30-20(18)22-19(25)16-11-28-14-6-4-5-7-15(14)29-16/h4-7,16H,3,8-11H2,1-2H3,(H,22,25)/t16-/m0/s1. The Morgan fingerprint density at radius 1 is 1.27 bits per heavy atom. The molecular formula is C21H22N2O6S. The van der Waals surface area contributed by atoms with E-state index in [9.17, 15) is 14.4 Å². The topological polar surface area (TPSA) is 94.2 Å². The minimum absolute atomic E-state index is 0.0243. The van der Waals surface area contributed by atoms with E-state index in [4.69, 9.17) is 14.2 Å². The highest BCUT2D eigenvalue weighted by molar-refractivity contribution is 7.17. The van der Waals surface area contributed by atoms with Gasteiger partial charge in [-0.2, -0.15) is 0 Å². The number of para-hydroxylation sites is 2. The third-order valence-corrected chi connectivity index (χ3v) is 6.15. The number of carbonyl (C=O) groups is 3. The minimum atomic E-state index is -0.845. The number of ether oxygens (including phenoxy) is 3. The fourth-order valence-corrected chi connectivity index (χ4v) is 4.77. The summed E-state index contributed by atoms with van der Waals surface area (Å²) in [5, 5.41) is 3.24. The second-order valence-electron chi connectivity index (χ2n) is 6.97. The Morgan fingerprint density at radius 3 is 2.77 bits per heavy atom. The van der Waals surface area contributed by atoms with E-state index >= 15 is 0 Å². The number of anilines is 1. The van der Waals surface area contributed by atoms with Gasteiger partial charge in [0.25, 0.3) is 5.91 Å². The number of esters is 1. The zero-order valence-corrected chi connectivity index (χ0v) is 17.5. The van der Waals surface area contributed by atoms with E-state index < -0.39 is 18.0 Å². The lowest BCUT2D eigenvalue weighted by molar-refractivity contribution is -0.129. The summed E-state index contributed by atoms with van der Waals surface area (Å²) in [6.07, 6.45) is -0.311. The van der Waals surface area contributed by atoms with Crippen LogP contribution in [0.25, 0.3) is 0 Å². The number of carbonyl (C=O) groups excluding carboxylic acids is 3. The predicted octanol–water partition coefficient (Wildman–Crippen LogP) is 2.61. The lowest BCUT2D eigenvalue weighted by Gasteiger charge is -2.26. The van der Waals surface area contributed by atoms with E-state index in [2.05, 4.69) is 5.32 Å². The highest BCUT2D eigenvalue weighted by atomic mass is 32.1. The predicted molar refractivity (Wildman–Crippen MR) is 110 cm³/mol. The van der Waals surface area contributed by atoms with Crippen LogP contribution in [0.15, 0.2) is 24.3 Å². The summed E-state index contributed by atoms with van der Waals surface area (Å²) in [6.45, 7) is 4.49. The number of amides is 2. The molecule has 9 heteroatoms. The zero-order valence-electron chi connectivity index (χ0n) is 16.7. The van der Waals surface area contributed by atoms with Gasteiger partial charge in [0.15, 0.2) is 11.5 Å². The van der Waals surface area contributed by atoms with Crippen LogP contribution in [0.3, 0.4) is 0 Å². The molecule has 0 fully saturated rings. The molecule has 0 saturated heterocycles. The third kappa shape index (κ3) is 3.85. The maximum Gasteiger partial charge on any atom is 0.341 e. The number of hydrogen-bond acceptors (Lipinski definition) is 7. The van der Waals surface area contributed by atoms with E-state index in [0.29, 0.717) is 41.6 Å². The summed E-state index contributed by atoms with van der Waals surface area (Å²) in [5.41, 5.74) is 1.20. The molecule has 2 aliphatic rings. The molecule has 1 N–H and O–H groups in total. The van der Waals surface area contributed by atoms with Gasteiger partial charge in [-0.1, -0.05) is 12.1 Å². The van der Waals surface area contributed by atoms with Crippen molar-refractivity contribution < 1.29 is 28.6 Å². The minimum Gasteiger partial charge on any atom is -0.485 e. The lowest BCUT2D eigenvalue weighted by Crippen LogP contribution is -2.40. The van der Waals surface area contributed by atoms with Crippen molar-refractivity contribution in [3.05, 3.63) is 40.3 Å². The van der Waals surface area contributed by atoms with Crippen LogP contribution in [0.4, 0.5) is 5.00 Å². The number of thiophene rings is 1. The third-order valence-electron chi connectivity index (χ3n) is 5.02. The first-order valence-corrected chi connectivity index (χ1v) is 10.6. The smallest absolute Gasteiger partial charge is 0.341 e. The van der Waals surface area contributed by atoms with Gasteiger partial charge in [-0.15, -0.1) is 11.3 Å². The van der Waals surface area contributed by atoms with Gasteiger partial charge in [0.2, 0.25) is 12.0 Å². The molecule has 1 aromatic carbocycles. The van der Waals surface area contributed by atoms with Crippen molar-refractivity contribution in [2.24, 2.45) is 0 Å². The highest BCUT2D eigenvalue weighted by Gasteiger charge is 2.33. The van der Waals surface area contributed by atoms with Crippen LogP contribution in [0, 0.1) is 0 Å². The molecule has 2 amide bonds. The Bertz CT molecular complexity index is 1000. The van der Waals surface area contributed by atoms with Crippen molar-refractivity contribution in [1.82, 2.24) is 4.90 Å². The quantitative estimate of drug-likeness (QED) is 0.750. The number of rotatable bonds is 4. The number of hydrogen-bond donors (Lipinski definition) is 1. The lowest BCUT2D eigenvalue weighted by atomic mass is 10.0. The molecule has 158 valence electrons. The fraction of sp³-hybridized carbons (Fsp3) is 0.381. The van der Waals surface area contributed by atoms with Crippen LogP contribution in [0.1, 0.15) is 34.6 Å². The summed E-state index contributed by atoms with van der Waals surface area (Å²) >= 11 is 1.29. The van der Waals surface area contributed by atoms with Crippen molar-refractivity contribution in [2.45, 2.75) is 32.9 Å². The average molecular weight is 430 g/mol. The molecule has 0 spiro atoms. The molecule has 0 bridgehead atoms. The Morgan fingerprint density at radius 2 is 2.03 bits per heavy atom. The Hall–Kier alpha value is -3.07. The van der Waals surface area contributed by atoms with Gasteiger partial charge in [0.05, 0.1) is 18.7 Å². The highest BCUT2D eigenvalue weighted by Crippen LogP contribution is 2.38. The first-order valence-electron chi connectivity index (χ1n) is 9.74. The molecule has 0 aliphatic carbocycles. The maximum atomic E-state index is 12.9. The van der Waals surface area contributed by atoms with Gasteiger partial charge in [-0.3, -0.25) is 9.59 Å². The van der Waals surface area contributed by atoms with Gasteiger partial charge in [-0.25, -0.2) is 4.79 Å². The number of benzene rings is 1. The molecule has 1 aromatic heterocycles. The largest absolute Gasteiger partial charge is 0.485 e. The van der Waals surface area contributed by atoms with Gasteiger partial charge in [-0.05, 0) is 31.0 Å². The summed E-state index contributed by atoms with van der Waals surface area (Å²) in [6, 6.07) is 7.14. The van der Waals surface area contributed by atoms with E-state index in [1.165, 1.54) is 18.3 Å². The van der Waals surface area contributed by atoms with Crippen molar-refractivity contribution >= 4 is 34.1 Å². The molecule has 8 nitrogen and oxygen atoms in total. The molecule has 4 rings (SSSR count). The maximum absolute atomic E-state index is 12.9. The van der Waals surface area contributed by atoms with Crippen LogP contribution in [0.5, 0.6) is 11.5 Å². The molecule has 1 atom stereocenters.